The lowest BCUT2D eigenvalue weighted by atomic mass is 10.1. The maximum absolute atomic E-state index is 12.3. The van der Waals surface area contributed by atoms with Crippen LogP contribution < -0.4 is 10.2 Å². The first-order valence-corrected chi connectivity index (χ1v) is 8.06. The lowest BCUT2D eigenvalue weighted by Crippen LogP contribution is -2.32. The molecule has 2 amide bonds. The van der Waals surface area contributed by atoms with Crippen molar-refractivity contribution < 1.29 is 9.59 Å². The highest BCUT2D eigenvalue weighted by Gasteiger charge is 2.14. The summed E-state index contributed by atoms with van der Waals surface area (Å²) in [7, 11) is 0. The molecule has 128 valence electrons. The Labute approximate surface area is 147 Å². The molecule has 5 heteroatoms. The van der Waals surface area contributed by atoms with E-state index in [-0.39, 0.29) is 24.8 Å². The molecule has 2 aromatic carbocycles. The van der Waals surface area contributed by atoms with Crippen molar-refractivity contribution >= 4 is 23.2 Å². The molecule has 1 N–H and O–H groups in total. The summed E-state index contributed by atoms with van der Waals surface area (Å²) in [5, 5.41) is 11.9. The van der Waals surface area contributed by atoms with Gasteiger partial charge in [-0.15, -0.1) is 0 Å². The van der Waals surface area contributed by atoms with Gasteiger partial charge in [-0.3, -0.25) is 9.59 Å². The van der Waals surface area contributed by atoms with Crippen LogP contribution in [-0.2, 0) is 9.59 Å². The van der Waals surface area contributed by atoms with Gasteiger partial charge in [0.2, 0.25) is 11.8 Å². The van der Waals surface area contributed by atoms with E-state index in [1.807, 2.05) is 32.0 Å². The van der Waals surface area contributed by atoms with Crippen molar-refractivity contribution in [3.8, 4) is 6.07 Å². The van der Waals surface area contributed by atoms with Crippen molar-refractivity contribution in [1.29, 1.82) is 5.26 Å². The van der Waals surface area contributed by atoms with E-state index in [9.17, 15) is 9.59 Å². The van der Waals surface area contributed by atoms with Gasteiger partial charge in [-0.05, 0) is 49.2 Å². The number of hydrogen-bond acceptors (Lipinski definition) is 3. The van der Waals surface area contributed by atoms with Gasteiger partial charge in [0.15, 0.2) is 0 Å². The Morgan fingerprint density at radius 2 is 1.92 bits per heavy atom. The summed E-state index contributed by atoms with van der Waals surface area (Å²) in [5.41, 5.74) is 3.93. The molecular formula is C20H21N3O2. The van der Waals surface area contributed by atoms with E-state index in [1.165, 1.54) is 11.8 Å². The fourth-order valence-electron chi connectivity index (χ4n) is 2.51. The van der Waals surface area contributed by atoms with E-state index in [1.54, 1.807) is 24.3 Å². The molecule has 0 spiro atoms. The van der Waals surface area contributed by atoms with Gasteiger partial charge in [-0.1, -0.05) is 18.2 Å². The van der Waals surface area contributed by atoms with Crippen molar-refractivity contribution in [3.63, 3.8) is 0 Å². The summed E-state index contributed by atoms with van der Waals surface area (Å²) < 4.78 is 0. The highest BCUT2D eigenvalue weighted by atomic mass is 16.2. The van der Waals surface area contributed by atoms with E-state index >= 15 is 0 Å². The van der Waals surface area contributed by atoms with Crippen LogP contribution in [0.1, 0.15) is 30.0 Å². The Balaban J connectivity index is 2.06. The minimum absolute atomic E-state index is 0.156. The number of benzene rings is 2. The molecule has 0 saturated carbocycles. The number of amides is 2. The van der Waals surface area contributed by atoms with E-state index in [0.717, 1.165) is 16.8 Å². The number of aryl methyl sites for hydroxylation is 2. The number of nitrogens with zero attached hydrogens (tertiary/aromatic N) is 2. The van der Waals surface area contributed by atoms with Gasteiger partial charge >= 0.3 is 0 Å². The predicted molar refractivity (Wildman–Crippen MR) is 98.3 cm³/mol. The van der Waals surface area contributed by atoms with Crippen LogP contribution in [0.2, 0.25) is 0 Å². The second-order valence-corrected chi connectivity index (χ2v) is 5.95. The molecule has 0 aliphatic rings. The lowest BCUT2D eigenvalue weighted by molar-refractivity contribution is -0.117. The average molecular weight is 335 g/mol. The molecule has 2 rings (SSSR count). The normalized spacial score (nSPS) is 10.0. The number of carbonyl (C=O) groups excluding carboxylic acids is 2. The van der Waals surface area contributed by atoms with Gasteiger partial charge in [-0.25, -0.2) is 0 Å². The fourth-order valence-corrected chi connectivity index (χ4v) is 2.51. The van der Waals surface area contributed by atoms with Crippen molar-refractivity contribution in [2.45, 2.75) is 27.2 Å². The third-order valence-electron chi connectivity index (χ3n) is 3.90. The molecular weight excluding hydrogens is 314 g/mol. The SMILES string of the molecule is CC(=O)N(CCC(=O)Nc1cc(C)ccc1C)c1cccc(C#N)c1. The van der Waals surface area contributed by atoms with Gasteiger partial charge < -0.3 is 10.2 Å². The van der Waals surface area contributed by atoms with Crippen LogP contribution in [0.3, 0.4) is 0 Å². The molecule has 0 radical (unpaired) electrons. The Morgan fingerprint density at radius 1 is 1.16 bits per heavy atom. The highest BCUT2D eigenvalue weighted by Crippen LogP contribution is 2.18. The Kier molecular flexibility index (Phi) is 5.91. The third kappa shape index (κ3) is 4.92. The number of carbonyl (C=O) groups is 2. The molecule has 0 bridgehead atoms. The molecule has 0 heterocycles. The van der Waals surface area contributed by atoms with Crippen LogP contribution in [0, 0.1) is 25.2 Å². The molecule has 5 nitrogen and oxygen atoms in total. The van der Waals surface area contributed by atoms with Gasteiger partial charge in [0.25, 0.3) is 0 Å². The maximum Gasteiger partial charge on any atom is 0.226 e. The number of anilines is 2. The molecule has 0 aliphatic carbocycles. The quantitative estimate of drug-likeness (QED) is 0.908. The zero-order valence-corrected chi connectivity index (χ0v) is 14.7. The lowest BCUT2D eigenvalue weighted by Gasteiger charge is -2.21. The monoisotopic (exact) mass is 335 g/mol. The highest BCUT2D eigenvalue weighted by molar-refractivity contribution is 5.95. The zero-order chi connectivity index (χ0) is 18.4. The number of hydrogen-bond donors (Lipinski definition) is 1. The smallest absolute Gasteiger partial charge is 0.226 e. The number of rotatable bonds is 5. The summed E-state index contributed by atoms with van der Waals surface area (Å²) in [6, 6.07) is 14.7. The van der Waals surface area contributed by atoms with E-state index in [0.29, 0.717) is 11.3 Å². The van der Waals surface area contributed by atoms with Crippen LogP contribution in [0.5, 0.6) is 0 Å². The van der Waals surface area contributed by atoms with Crippen LogP contribution >= 0.6 is 0 Å². The van der Waals surface area contributed by atoms with Crippen molar-refractivity contribution in [2.24, 2.45) is 0 Å². The maximum atomic E-state index is 12.3. The minimum atomic E-state index is -0.172. The molecule has 25 heavy (non-hydrogen) atoms. The summed E-state index contributed by atoms with van der Waals surface area (Å²) in [6.07, 6.45) is 0.170. The Bertz CT molecular complexity index is 837. The second-order valence-electron chi connectivity index (χ2n) is 5.95. The van der Waals surface area contributed by atoms with Crippen molar-refractivity contribution in [3.05, 3.63) is 59.2 Å². The summed E-state index contributed by atoms with van der Waals surface area (Å²) in [5.74, 6) is -0.328. The first kappa shape index (κ1) is 18.2. The molecule has 0 fully saturated rings. The van der Waals surface area contributed by atoms with E-state index in [2.05, 4.69) is 11.4 Å². The van der Waals surface area contributed by atoms with E-state index < -0.39 is 0 Å². The average Bonchev–Trinajstić information content (AvgIpc) is 2.58. The first-order chi connectivity index (χ1) is 11.9. The summed E-state index contributed by atoms with van der Waals surface area (Å²) >= 11 is 0. The molecule has 0 unspecified atom stereocenters. The summed E-state index contributed by atoms with van der Waals surface area (Å²) in [4.78, 5) is 25.7. The van der Waals surface area contributed by atoms with Crippen LogP contribution in [0.15, 0.2) is 42.5 Å². The standard InChI is InChI=1S/C20H21N3O2/c1-14-7-8-15(2)19(11-14)22-20(25)9-10-23(16(3)24)18-6-4-5-17(12-18)13-21/h4-8,11-12H,9-10H2,1-3H3,(H,22,25). The van der Waals surface area contributed by atoms with Crippen molar-refractivity contribution in [2.75, 3.05) is 16.8 Å². The van der Waals surface area contributed by atoms with Crippen LogP contribution in [-0.4, -0.2) is 18.4 Å². The largest absolute Gasteiger partial charge is 0.326 e. The van der Waals surface area contributed by atoms with Crippen LogP contribution in [0.25, 0.3) is 0 Å². The van der Waals surface area contributed by atoms with Crippen molar-refractivity contribution in [1.82, 2.24) is 0 Å². The van der Waals surface area contributed by atoms with Gasteiger partial charge in [0, 0.05) is 31.3 Å². The fraction of sp³-hybridized carbons (Fsp3) is 0.250. The second kappa shape index (κ2) is 8.11. The molecule has 2 aromatic rings. The van der Waals surface area contributed by atoms with E-state index in [4.69, 9.17) is 5.26 Å². The topological polar surface area (TPSA) is 73.2 Å². The third-order valence-corrected chi connectivity index (χ3v) is 3.90. The minimum Gasteiger partial charge on any atom is -0.326 e. The first-order valence-electron chi connectivity index (χ1n) is 8.06. The predicted octanol–water partition coefficient (Wildman–Crippen LogP) is 3.56. The summed E-state index contributed by atoms with van der Waals surface area (Å²) in [6.45, 7) is 5.60. The number of nitriles is 1. The molecule has 0 aliphatic heterocycles. The number of nitrogens with one attached hydrogen (secondary N) is 1. The van der Waals surface area contributed by atoms with Gasteiger partial charge in [0.1, 0.15) is 0 Å². The Hall–Kier alpha value is -3.13. The van der Waals surface area contributed by atoms with Gasteiger partial charge in [0.05, 0.1) is 11.6 Å². The molecule has 0 saturated heterocycles. The van der Waals surface area contributed by atoms with Gasteiger partial charge in [-0.2, -0.15) is 5.26 Å². The zero-order valence-electron chi connectivity index (χ0n) is 14.7. The molecule has 0 aromatic heterocycles. The Morgan fingerprint density at radius 3 is 2.60 bits per heavy atom. The van der Waals surface area contributed by atoms with Crippen LogP contribution in [0.4, 0.5) is 11.4 Å². The molecule has 0 atom stereocenters.